The fourth-order valence-electron chi connectivity index (χ4n) is 3.75. The first kappa shape index (κ1) is 21.3. The Morgan fingerprint density at radius 2 is 1.94 bits per heavy atom. The molecule has 1 aliphatic heterocycles. The van der Waals surface area contributed by atoms with Crippen molar-refractivity contribution in [2.45, 2.75) is 13.2 Å². The number of imidazole rings is 1. The van der Waals surface area contributed by atoms with Crippen LogP contribution in [0.1, 0.15) is 5.56 Å². The molecule has 11 nitrogen and oxygen atoms in total. The quantitative estimate of drug-likeness (QED) is 0.459. The molecule has 11 heteroatoms. The highest BCUT2D eigenvalue weighted by molar-refractivity contribution is 5.90. The number of nitrogens with one attached hydrogen (secondary N) is 1. The van der Waals surface area contributed by atoms with Crippen molar-refractivity contribution >= 4 is 22.8 Å². The molecule has 3 heterocycles. The molecule has 0 atom stereocenters. The van der Waals surface area contributed by atoms with E-state index in [1.54, 1.807) is 43.4 Å². The molecule has 0 radical (unpaired) electrons. The molecule has 0 unspecified atom stereocenters. The fraction of sp³-hybridized carbons (Fsp3) is 0.217. The summed E-state index contributed by atoms with van der Waals surface area (Å²) in [5.74, 6) is 1.42. The van der Waals surface area contributed by atoms with Crippen LogP contribution < -0.4 is 30.8 Å². The molecule has 0 saturated heterocycles. The smallest absolute Gasteiger partial charge is 0.332 e. The van der Waals surface area contributed by atoms with Crippen LogP contribution in [0.25, 0.3) is 11.2 Å². The lowest BCUT2D eigenvalue weighted by Gasteiger charge is -2.11. The molecule has 0 spiro atoms. The van der Waals surface area contributed by atoms with Gasteiger partial charge in [-0.15, -0.1) is 0 Å². The second-order valence-electron chi connectivity index (χ2n) is 7.81. The third-order valence-electron chi connectivity index (χ3n) is 5.46. The van der Waals surface area contributed by atoms with Crippen LogP contribution in [0, 0.1) is 0 Å². The average molecular weight is 463 g/mol. The molecule has 2 aromatic heterocycles. The van der Waals surface area contributed by atoms with E-state index in [2.05, 4.69) is 10.3 Å². The Kier molecular flexibility index (Phi) is 5.28. The molecule has 2 aromatic carbocycles. The van der Waals surface area contributed by atoms with Gasteiger partial charge >= 0.3 is 5.69 Å². The summed E-state index contributed by atoms with van der Waals surface area (Å²) in [4.78, 5) is 42.1. The fourth-order valence-corrected chi connectivity index (χ4v) is 3.75. The van der Waals surface area contributed by atoms with E-state index in [-0.39, 0.29) is 24.6 Å². The number of rotatable bonds is 6. The van der Waals surface area contributed by atoms with Crippen molar-refractivity contribution in [2.24, 2.45) is 14.1 Å². The van der Waals surface area contributed by atoms with Gasteiger partial charge in [0.25, 0.3) is 5.56 Å². The number of carbonyl (C=O) groups excluding carboxylic acids is 1. The Bertz CT molecular complexity index is 1530. The number of carbonyl (C=O) groups is 1. The standard InChI is InChI=1S/C23H21N5O6/c1-26-12-24-21-20(26)22(30)28(23(31)27(21)2)10-19(29)25-15-5-3-4-14(8-15)11-32-16-6-7-17-18(9-16)34-13-33-17/h3-9,12H,10-11,13H2,1-2H3,(H,25,29). The first-order chi connectivity index (χ1) is 16.4. The van der Waals surface area contributed by atoms with Crippen LogP contribution in [0.15, 0.2) is 58.4 Å². The maximum Gasteiger partial charge on any atom is 0.332 e. The molecule has 1 N–H and O–H groups in total. The summed E-state index contributed by atoms with van der Waals surface area (Å²) < 4.78 is 20.1. The summed E-state index contributed by atoms with van der Waals surface area (Å²) in [7, 11) is 3.16. The Balaban J connectivity index is 1.29. The van der Waals surface area contributed by atoms with Crippen LogP contribution in [0.4, 0.5) is 5.69 Å². The number of amides is 1. The lowest BCUT2D eigenvalue weighted by molar-refractivity contribution is -0.116. The molecule has 0 saturated carbocycles. The number of aryl methyl sites for hydroxylation is 2. The Morgan fingerprint density at radius 3 is 2.79 bits per heavy atom. The van der Waals surface area contributed by atoms with Crippen molar-refractivity contribution in [1.82, 2.24) is 18.7 Å². The van der Waals surface area contributed by atoms with Crippen molar-refractivity contribution in [3.05, 3.63) is 75.2 Å². The number of hydrogen-bond acceptors (Lipinski definition) is 7. The molecule has 174 valence electrons. The van der Waals surface area contributed by atoms with Gasteiger partial charge in [0, 0.05) is 25.8 Å². The van der Waals surface area contributed by atoms with Crippen LogP contribution in [-0.2, 0) is 32.0 Å². The molecular formula is C23H21N5O6. The van der Waals surface area contributed by atoms with E-state index >= 15 is 0 Å². The van der Waals surface area contributed by atoms with E-state index in [4.69, 9.17) is 14.2 Å². The highest BCUT2D eigenvalue weighted by atomic mass is 16.7. The predicted molar refractivity (Wildman–Crippen MR) is 122 cm³/mol. The summed E-state index contributed by atoms with van der Waals surface area (Å²) in [5.41, 5.74) is 0.668. The SMILES string of the molecule is Cn1cnc2c1c(=O)n(CC(=O)Nc1cccc(COc3ccc4c(c3)OCO4)c1)c(=O)n2C. The lowest BCUT2D eigenvalue weighted by atomic mass is 10.2. The second-order valence-corrected chi connectivity index (χ2v) is 7.81. The van der Waals surface area contributed by atoms with Gasteiger partial charge in [0.2, 0.25) is 12.7 Å². The van der Waals surface area contributed by atoms with E-state index in [1.165, 1.54) is 22.5 Å². The number of ether oxygens (including phenoxy) is 3. The van der Waals surface area contributed by atoms with E-state index in [0.717, 1.165) is 10.1 Å². The highest BCUT2D eigenvalue weighted by Gasteiger charge is 2.17. The summed E-state index contributed by atoms with van der Waals surface area (Å²) in [6.45, 7) is 0.0275. The van der Waals surface area contributed by atoms with E-state index in [0.29, 0.717) is 22.9 Å². The van der Waals surface area contributed by atoms with Crippen molar-refractivity contribution in [2.75, 3.05) is 12.1 Å². The first-order valence-electron chi connectivity index (χ1n) is 10.4. The largest absolute Gasteiger partial charge is 0.489 e. The van der Waals surface area contributed by atoms with Gasteiger partial charge in [-0.05, 0) is 29.8 Å². The van der Waals surface area contributed by atoms with Crippen molar-refractivity contribution < 1.29 is 19.0 Å². The average Bonchev–Trinajstić information content (AvgIpc) is 3.45. The van der Waals surface area contributed by atoms with Crippen molar-refractivity contribution in [1.29, 1.82) is 0 Å². The molecule has 1 amide bonds. The monoisotopic (exact) mass is 463 g/mol. The number of fused-ring (bicyclic) bond motifs is 2. The number of anilines is 1. The molecule has 4 aromatic rings. The lowest BCUT2D eigenvalue weighted by Crippen LogP contribution is -2.42. The van der Waals surface area contributed by atoms with Gasteiger partial charge in [-0.25, -0.2) is 14.3 Å². The van der Waals surface area contributed by atoms with Crippen LogP contribution in [0.3, 0.4) is 0 Å². The molecule has 34 heavy (non-hydrogen) atoms. The zero-order valence-electron chi connectivity index (χ0n) is 18.5. The van der Waals surface area contributed by atoms with Crippen molar-refractivity contribution in [3.8, 4) is 17.2 Å². The van der Waals surface area contributed by atoms with Crippen molar-refractivity contribution in [3.63, 3.8) is 0 Å². The van der Waals surface area contributed by atoms with Gasteiger partial charge in [0.15, 0.2) is 22.7 Å². The third kappa shape index (κ3) is 3.87. The summed E-state index contributed by atoms with van der Waals surface area (Å²) >= 11 is 0. The van der Waals surface area contributed by atoms with Gasteiger partial charge in [0.05, 0.1) is 6.33 Å². The molecule has 0 bridgehead atoms. The maximum atomic E-state index is 12.8. The number of benzene rings is 2. The molecule has 0 fully saturated rings. The second kappa shape index (κ2) is 8.43. The van der Waals surface area contributed by atoms with Crippen LogP contribution in [0.5, 0.6) is 17.2 Å². The normalized spacial score (nSPS) is 12.2. The summed E-state index contributed by atoms with van der Waals surface area (Å²) in [6.07, 6.45) is 1.45. The Hall–Kier alpha value is -4.54. The van der Waals surface area contributed by atoms with Gasteiger partial charge < -0.3 is 24.1 Å². The van der Waals surface area contributed by atoms with Crippen LogP contribution in [0.2, 0.25) is 0 Å². The van der Waals surface area contributed by atoms with Gasteiger partial charge in [-0.2, -0.15) is 0 Å². The van der Waals surface area contributed by atoms with Gasteiger partial charge in [-0.3, -0.25) is 14.2 Å². The third-order valence-corrected chi connectivity index (χ3v) is 5.46. The molecular weight excluding hydrogens is 442 g/mol. The van der Waals surface area contributed by atoms with Crippen LogP contribution in [-0.4, -0.2) is 31.4 Å². The Morgan fingerprint density at radius 1 is 1.12 bits per heavy atom. The number of nitrogens with zero attached hydrogens (tertiary/aromatic N) is 4. The summed E-state index contributed by atoms with van der Waals surface area (Å²) in [6, 6.07) is 12.4. The maximum absolute atomic E-state index is 12.8. The molecule has 1 aliphatic rings. The van der Waals surface area contributed by atoms with Gasteiger partial charge in [0.1, 0.15) is 18.9 Å². The summed E-state index contributed by atoms with van der Waals surface area (Å²) in [5, 5.41) is 2.73. The van der Waals surface area contributed by atoms with E-state index in [9.17, 15) is 14.4 Å². The first-order valence-corrected chi connectivity index (χ1v) is 10.4. The molecule has 0 aliphatic carbocycles. The van der Waals surface area contributed by atoms with E-state index < -0.39 is 23.7 Å². The van der Waals surface area contributed by atoms with Gasteiger partial charge in [-0.1, -0.05) is 12.1 Å². The number of aromatic nitrogens is 4. The Labute approximate surface area is 192 Å². The van der Waals surface area contributed by atoms with E-state index in [1.807, 2.05) is 6.07 Å². The minimum Gasteiger partial charge on any atom is -0.489 e. The zero-order chi connectivity index (χ0) is 23.8. The zero-order valence-corrected chi connectivity index (χ0v) is 18.5. The molecule has 5 rings (SSSR count). The number of hydrogen-bond donors (Lipinski definition) is 1. The topological polar surface area (TPSA) is 119 Å². The minimum atomic E-state index is -0.614. The minimum absolute atomic E-state index is 0.189. The highest BCUT2D eigenvalue weighted by Crippen LogP contribution is 2.35. The predicted octanol–water partition coefficient (Wildman–Crippen LogP) is 1.38. The van der Waals surface area contributed by atoms with Crippen LogP contribution >= 0.6 is 0 Å².